The van der Waals surface area contributed by atoms with Crippen molar-refractivity contribution in [3.05, 3.63) is 18.2 Å². The van der Waals surface area contributed by atoms with Crippen molar-refractivity contribution in [1.82, 2.24) is 19.2 Å². The highest BCUT2D eigenvalue weighted by Crippen LogP contribution is 2.27. The van der Waals surface area contributed by atoms with Crippen LogP contribution in [0.2, 0.25) is 0 Å². The molecule has 1 N–H and O–H groups in total. The van der Waals surface area contributed by atoms with Crippen molar-refractivity contribution < 1.29 is 22.7 Å². The van der Waals surface area contributed by atoms with Crippen LogP contribution in [0.4, 0.5) is 0 Å². The quantitative estimate of drug-likeness (QED) is 0.264. The van der Waals surface area contributed by atoms with E-state index in [-0.39, 0.29) is 28.9 Å². The van der Waals surface area contributed by atoms with Crippen LogP contribution in [0, 0.1) is 0 Å². The molecule has 0 fully saturated rings. The van der Waals surface area contributed by atoms with Crippen LogP contribution >= 0.6 is 11.8 Å². The van der Waals surface area contributed by atoms with Crippen molar-refractivity contribution in [3.8, 4) is 0 Å². The van der Waals surface area contributed by atoms with E-state index in [1.165, 1.54) is 16.1 Å². The molecule has 0 aliphatic heterocycles. The van der Waals surface area contributed by atoms with E-state index in [0.29, 0.717) is 49.9 Å². The first-order valence-corrected chi connectivity index (χ1v) is 13.3. The summed E-state index contributed by atoms with van der Waals surface area (Å²) in [5.41, 5.74) is 1.40. The fourth-order valence-corrected chi connectivity index (χ4v) is 5.64. The van der Waals surface area contributed by atoms with E-state index in [2.05, 4.69) is 10.3 Å². The predicted octanol–water partition coefficient (Wildman–Crippen LogP) is 2.64. The number of carbonyl (C=O) groups excluding carboxylic acids is 2. The second-order valence-corrected chi connectivity index (χ2v) is 9.81. The number of nitrogens with zero attached hydrogens (tertiary/aromatic N) is 3. The molecule has 1 heterocycles. The molecular weight excluding hydrogens is 452 g/mol. The number of rotatable bonds is 13. The van der Waals surface area contributed by atoms with Gasteiger partial charge in [0, 0.05) is 32.6 Å². The molecule has 1 aromatic heterocycles. The van der Waals surface area contributed by atoms with Gasteiger partial charge in [0.15, 0.2) is 5.16 Å². The summed E-state index contributed by atoms with van der Waals surface area (Å²) in [5, 5.41) is 3.44. The van der Waals surface area contributed by atoms with Crippen LogP contribution in [-0.2, 0) is 30.9 Å². The topological polar surface area (TPSA) is 111 Å². The lowest BCUT2D eigenvalue weighted by Crippen LogP contribution is -2.30. The van der Waals surface area contributed by atoms with Crippen LogP contribution < -0.4 is 5.32 Å². The summed E-state index contributed by atoms with van der Waals surface area (Å²) >= 11 is 1.29. The van der Waals surface area contributed by atoms with E-state index < -0.39 is 10.0 Å². The second kappa shape index (κ2) is 12.2. The first-order valence-electron chi connectivity index (χ1n) is 10.8. The number of esters is 1. The Hall–Kier alpha value is -2.11. The number of ether oxygens (including phenoxy) is 1. The van der Waals surface area contributed by atoms with Crippen LogP contribution in [0.5, 0.6) is 0 Å². The number of imidazole rings is 1. The van der Waals surface area contributed by atoms with Crippen molar-refractivity contribution in [2.75, 3.05) is 32.0 Å². The van der Waals surface area contributed by atoms with Crippen molar-refractivity contribution in [2.45, 2.75) is 57.1 Å². The lowest BCUT2D eigenvalue weighted by molar-refractivity contribution is -0.143. The summed E-state index contributed by atoms with van der Waals surface area (Å²) in [6.45, 7) is 9.53. The van der Waals surface area contributed by atoms with Crippen LogP contribution in [0.15, 0.2) is 28.3 Å². The van der Waals surface area contributed by atoms with Gasteiger partial charge < -0.3 is 14.6 Å². The average molecular weight is 485 g/mol. The number of aryl methyl sites for hydroxylation is 1. The van der Waals surface area contributed by atoms with Gasteiger partial charge in [0.25, 0.3) is 0 Å². The van der Waals surface area contributed by atoms with Crippen molar-refractivity contribution in [1.29, 1.82) is 0 Å². The third kappa shape index (κ3) is 6.46. The van der Waals surface area contributed by atoms with Gasteiger partial charge in [0.2, 0.25) is 15.9 Å². The monoisotopic (exact) mass is 484 g/mol. The van der Waals surface area contributed by atoms with Gasteiger partial charge in [-0.25, -0.2) is 13.4 Å². The Labute approximate surface area is 193 Å². The highest BCUT2D eigenvalue weighted by molar-refractivity contribution is 7.99. The number of hydrogen-bond donors (Lipinski definition) is 1. The van der Waals surface area contributed by atoms with Gasteiger partial charge in [-0.2, -0.15) is 4.31 Å². The van der Waals surface area contributed by atoms with Crippen molar-refractivity contribution in [2.24, 2.45) is 0 Å². The third-order valence-electron chi connectivity index (χ3n) is 4.86. The van der Waals surface area contributed by atoms with Crippen LogP contribution in [0.1, 0.15) is 40.5 Å². The Morgan fingerprint density at radius 2 is 1.91 bits per heavy atom. The van der Waals surface area contributed by atoms with Crippen molar-refractivity contribution >= 4 is 44.7 Å². The van der Waals surface area contributed by atoms with E-state index >= 15 is 0 Å². The van der Waals surface area contributed by atoms with Gasteiger partial charge in [-0.3, -0.25) is 9.59 Å². The molecule has 9 nitrogen and oxygen atoms in total. The zero-order valence-electron chi connectivity index (χ0n) is 19.1. The largest absolute Gasteiger partial charge is 0.466 e. The van der Waals surface area contributed by atoms with Gasteiger partial charge >= 0.3 is 5.97 Å². The summed E-state index contributed by atoms with van der Waals surface area (Å²) in [5.74, 6) is -0.249. The van der Waals surface area contributed by atoms with Gasteiger partial charge in [0.1, 0.15) is 0 Å². The minimum Gasteiger partial charge on any atom is -0.466 e. The molecule has 0 atom stereocenters. The van der Waals surface area contributed by atoms with E-state index in [0.717, 1.165) is 5.52 Å². The molecule has 11 heteroatoms. The normalized spacial score (nSPS) is 11.8. The average Bonchev–Trinajstić information content (AvgIpc) is 3.12. The number of fused-ring (bicyclic) bond motifs is 1. The highest BCUT2D eigenvalue weighted by Gasteiger charge is 2.23. The maximum atomic E-state index is 12.8. The first kappa shape index (κ1) is 26.1. The van der Waals surface area contributed by atoms with E-state index in [1.807, 2.05) is 25.3 Å². The Kier molecular flexibility index (Phi) is 9.98. The molecule has 0 radical (unpaired) electrons. The number of hydrogen-bond acceptors (Lipinski definition) is 7. The minimum atomic E-state index is -3.57. The second-order valence-electron chi connectivity index (χ2n) is 6.93. The lowest BCUT2D eigenvalue weighted by Gasteiger charge is -2.18. The Balaban J connectivity index is 2.06. The molecular formula is C21H32N4O5S2. The number of nitrogens with one attached hydrogen (secondary N) is 1. The molecule has 0 aliphatic carbocycles. The van der Waals surface area contributed by atoms with Crippen molar-refractivity contribution in [3.63, 3.8) is 0 Å². The standard InChI is InChI=1S/C21H32N4O5S2/c1-5-24(6-2)32(28,29)16-11-12-18-17(14-16)23-21(25(18)7-3)31-15-19(26)22-13-9-10-20(27)30-8-4/h11-12,14H,5-10,13,15H2,1-4H3,(H,22,26). The van der Waals surface area contributed by atoms with Crippen LogP contribution in [-0.4, -0.2) is 66.1 Å². The number of sulfonamides is 1. The third-order valence-corrected chi connectivity index (χ3v) is 7.88. The van der Waals surface area contributed by atoms with Gasteiger partial charge in [-0.1, -0.05) is 25.6 Å². The van der Waals surface area contributed by atoms with Crippen LogP contribution in [0.25, 0.3) is 11.0 Å². The molecule has 0 spiro atoms. The zero-order chi connectivity index (χ0) is 23.7. The van der Waals surface area contributed by atoms with E-state index in [4.69, 9.17) is 4.74 Å². The number of carbonyl (C=O) groups is 2. The van der Waals surface area contributed by atoms with E-state index in [9.17, 15) is 18.0 Å². The number of aromatic nitrogens is 2. The molecule has 1 aromatic carbocycles. The predicted molar refractivity (Wildman–Crippen MR) is 125 cm³/mol. The number of benzene rings is 1. The molecule has 0 unspecified atom stereocenters. The Morgan fingerprint density at radius 3 is 2.53 bits per heavy atom. The summed E-state index contributed by atoms with van der Waals surface area (Å²) < 4.78 is 33.9. The molecule has 178 valence electrons. The molecule has 0 bridgehead atoms. The maximum Gasteiger partial charge on any atom is 0.305 e. The SMILES string of the molecule is CCOC(=O)CCCNC(=O)CSc1nc2cc(S(=O)(=O)N(CC)CC)ccc2n1CC. The van der Waals surface area contributed by atoms with Gasteiger partial charge in [0.05, 0.1) is 28.3 Å². The smallest absolute Gasteiger partial charge is 0.305 e. The molecule has 2 rings (SSSR count). The minimum absolute atomic E-state index is 0.154. The fraction of sp³-hybridized carbons (Fsp3) is 0.571. The first-order chi connectivity index (χ1) is 15.3. The van der Waals surface area contributed by atoms with Gasteiger partial charge in [-0.05, 0) is 38.5 Å². The summed E-state index contributed by atoms with van der Waals surface area (Å²) in [7, 11) is -3.57. The molecule has 1 amide bonds. The lowest BCUT2D eigenvalue weighted by atomic mass is 10.3. The Morgan fingerprint density at radius 1 is 1.19 bits per heavy atom. The Bertz CT molecular complexity index is 1030. The molecule has 0 saturated heterocycles. The van der Waals surface area contributed by atoms with Gasteiger partial charge in [-0.15, -0.1) is 0 Å². The molecule has 0 aliphatic rings. The number of amides is 1. The summed E-state index contributed by atoms with van der Waals surface area (Å²) in [4.78, 5) is 28.3. The zero-order valence-corrected chi connectivity index (χ0v) is 20.7. The van der Waals surface area contributed by atoms with E-state index in [1.54, 1.807) is 25.1 Å². The summed E-state index contributed by atoms with van der Waals surface area (Å²) in [6.07, 6.45) is 0.790. The fourth-order valence-electron chi connectivity index (χ4n) is 3.25. The summed E-state index contributed by atoms with van der Waals surface area (Å²) in [6, 6.07) is 4.96. The molecule has 0 saturated carbocycles. The molecule has 32 heavy (non-hydrogen) atoms. The number of thioether (sulfide) groups is 1. The van der Waals surface area contributed by atoms with Crippen LogP contribution in [0.3, 0.4) is 0 Å². The highest BCUT2D eigenvalue weighted by atomic mass is 32.2. The molecule has 2 aromatic rings. The maximum absolute atomic E-state index is 12.8.